The van der Waals surface area contributed by atoms with Crippen LogP contribution in [0.15, 0.2) is 53.4 Å². The first-order valence-corrected chi connectivity index (χ1v) is 8.39. The van der Waals surface area contributed by atoms with Crippen LogP contribution in [-0.4, -0.2) is 32.6 Å². The maximum Gasteiger partial charge on any atom is 0.278 e. The highest BCUT2D eigenvalue weighted by molar-refractivity contribution is 7.89. The lowest BCUT2D eigenvalue weighted by atomic mass is 10.0. The molecule has 0 saturated carbocycles. The van der Waals surface area contributed by atoms with E-state index < -0.39 is 14.9 Å². The maximum absolute atomic E-state index is 12.3. The summed E-state index contributed by atoms with van der Waals surface area (Å²) in [6.07, 6.45) is 0. The van der Waals surface area contributed by atoms with Gasteiger partial charge in [-0.05, 0) is 17.7 Å². The third-order valence-electron chi connectivity index (χ3n) is 3.52. The number of nitro groups is 1. The molecule has 0 bridgehead atoms. The predicted octanol–water partition coefficient (Wildman–Crippen LogP) is 1.94. The highest BCUT2D eigenvalue weighted by Crippen LogP contribution is 2.31. The minimum absolute atomic E-state index is 0.129. The fourth-order valence-corrected chi connectivity index (χ4v) is 3.51. The summed E-state index contributed by atoms with van der Waals surface area (Å²) in [6.45, 7) is 0.618. The molecule has 1 aliphatic rings. The van der Waals surface area contributed by atoms with Gasteiger partial charge in [-0.2, -0.15) is 0 Å². The van der Waals surface area contributed by atoms with E-state index in [9.17, 15) is 18.5 Å². The summed E-state index contributed by atoms with van der Waals surface area (Å²) < 4.78 is 31.9. The molecule has 0 aromatic heterocycles. The first-order valence-electron chi connectivity index (χ1n) is 6.91. The van der Waals surface area contributed by atoms with Crippen LogP contribution < -0.4 is 4.72 Å². The van der Waals surface area contributed by atoms with Crippen molar-refractivity contribution in [2.24, 2.45) is 0 Å². The van der Waals surface area contributed by atoms with Crippen LogP contribution >= 0.6 is 0 Å². The third-order valence-corrected chi connectivity index (χ3v) is 5.04. The minimum atomic E-state index is -3.81. The van der Waals surface area contributed by atoms with Crippen molar-refractivity contribution >= 4 is 15.7 Å². The highest BCUT2D eigenvalue weighted by Gasteiger charge is 2.27. The Morgan fingerprint density at radius 1 is 1.13 bits per heavy atom. The first-order chi connectivity index (χ1) is 11.0. The van der Waals surface area contributed by atoms with Crippen LogP contribution in [0.25, 0.3) is 11.1 Å². The van der Waals surface area contributed by atoms with Crippen molar-refractivity contribution in [2.75, 3.05) is 13.2 Å². The van der Waals surface area contributed by atoms with Gasteiger partial charge in [0.2, 0.25) is 10.0 Å². The standard InChI is InChI=1S/C15H14N2O5S/c18-17(19)15-8-13(23(20,21)16-12-9-22-10-12)6-7-14(15)11-4-2-1-3-5-11/h1-8,12,16H,9-10H2. The van der Waals surface area contributed by atoms with E-state index in [-0.39, 0.29) is 16.6 Å². The Bertz CT molecular complexity index is 832. The van der Waals surface area contributed by atoms with Gasteiger partial charge in [-0.25, -0.2) is 13.1 Å². The lowest BCUT2D eigenvalue weighted by Crippen LogP contribution is -2.48. The quantitative estimate of drug-likeness (QED) is 0.665. The van der Waals surface area contributed by atoms with Crippen molar-refractivity contribution in [3.05, 3.63) is 58.6 Å². The number of benzene rings is 2. The third kappa shape index (κ3) is 3.24. The molecule has 1 heterocycles. The summed E-state index contributed by atoms with van der Waals surface area (Å²) in [4.78, 5) is 10.6. The average molecular weight is 334 g/mol. The molecule has 7 nitrogen and oxygen atoms in total. The molecule has 1 fully saturated rings. The lowest BCUT2D eigenvalue weighted by Gasteiger charge is -2.26. The summed E-state index contributed by atoms with van der Waals surface area (Å²) in [5.74, 6) is 0. The molecule has 2 aromatic rings. The van der Waals surface area contributed by atoms with Crippen molar-refractivity contribution in [3.8, 4) is 11.1 Å². The molecule has 1 saturated heterocycles. The number of hydrogen-bond donors (Lipinski definition) is 1. The second kappa shape index (κ2) is 6.07. The molecule has 1 N–H and O–H groups in total. The number of nitrogens with one attached hydrogen (secondary N) is 1. The maximum atomic E-state index is 12.3. The van der Waals surface area contributed by atoms with E-state index in [2.05, 4.69) is 4.72 Å². The van der Waals surface area contributed by atoms with Gasteiger partial charge in [0.25, 0.3) is 5.69 Å². The van der Waals surface area contributed by atoms with Crippen LogP contribution in [0.4, 0.5) is 5.69 Å². The van der Waals surface area contributed by atoms with Crippen molar-refractivity contribution in [1.82, 2.24) is 4.72 Å². The Kier molecular flexibility index (Phi) is 4.12. The van der Waals surface area contributed by atoms with E-state index in [1.54, 1.807) is 30.3 Å². The zero-order chi connectivity index (χ0) is 16.4. The molecule has 3 rings (SSSR count). The SMILES string of the molecule is O=[N+]([O-])c1cc(S(=O)(=O)NC2COC2)ccc1-c1ccccc1. The van der Waals surface area contributed by atoms with E-state index in [4.69, 9.17) is 4.74 Å². The second-order valence-corrected chi connectivity index (χ2v) is 6.87. The fraction of sp³-hybridized carbons (Fsp3) is 0.200. The predicted molar refractivity (Wildman–Crippen MR) is 83.5 cm³/mol. The summed E-state index contributed by atoms with van der Waals surface area (Å²) in [6, 6.07) is 12.4. The van der Waals surface area contributed by atoms with Crippen molar-refractivity contribution < 1.29 is 18.1 Å². The van der Waals surface area contributed by atoms with E-state index in [0.29, 0.717) is 24.3 Å². The number of nitro benzene ring substituents is 1. The van der Waals surface area contributed by atoms with Crippen LogP contribution in [-0.2, 0) is 14.8 Å². The molecule has 0 amide bonds. The van der Waals surface area contributed by atoms with Crippen molar-refractivity contribution in [2.45, 2.75) is 10.9 Å². The normalized spacial score (nSPS) is 15.1. The van der Waals surface area contributed by atoms with Crippen LogP contribution in [0, 0.1) is 10.1 Å². The molecule has 23 heavy (non-hydrogen) atoms. The van der Waals surface area contributed by atoms with Gasteiger partial charge in [-0.3, -0.25) is 10.1 Å². The largest absolute Gasteiger partial charge is 0.378 e. The Morgan fingerprint density at radius 3 is 2.39 bits per heavy atom. The van der Waals surface area contributed by atoms with Crippen LogP contribution in [0.2, 0.25) is 0 Å². The minimum Gasteiger partial charge on any atom is -0.378 e. The van der Waals surface area contributed by atoms with E-state index >= 15 is 0 Å². The van der Waals surface area contributed by atoms with Crippen molar-refractivity contribution in [3.63, 3.8) is 0 Å². The second-order valence-electron chi connectivity index (χ2n) is 5.16. The number of ether oxygens (including phenoxy) is 1. The van der Waals surface area contributed by atoms with Gasteiger partial charge in [0.1, 0.15) is 0 Å². The van der Waals surface area contributed by atoms with Gasteiger partial charge in [0.05, 0.1) is 34.6 Å². The van der Waals surface area contributed by atoms with Crippen LogP contribution in [0.1, 0.15) is 0 Å². The smallest absolute Gasteiger partial charge is 0.278 e. The Hall–Kier alpha value is -2.29. The lowest BCUT2D eigenvalue weighted by molar-refractivity contribution is -0.384. The Morgan fingerprint density at radius 2 is 1.83 bits per heavy atom. The molecule has 8 heteroatoms. The van der Waals surface area contributed by atoms with Gasteiger partial charge < -0.3 is 4.74 Å². The molecular weight excluding hydrogens is 320 g/mol. The number of rotatable bonds is 5. The molecule has 1 aliphatic heterocycles. The molecule has 0 radical (unpaired) electrons. The molecule has 0 spiro atoms. The van der Waals surface area contributed by atoms with Gasteiger partial charge in [0.15, 0.2) is 0 Å². The molecule has 0 aliphatic carbocycles. The van der Waals surface area contributed by atoms with E-state index in [0.717, 1.165) is 6.07 Å². The first kappa shape index (κ1) is 15.6. The van der Waals surface area contributed by atoms with Gasteiger partial charge in [0, 0.05) is 6.07 Å². The molecule has 120 valence electrons. The summed E-state index contributed by atoms with van der Waals surface area (Å²) in [5.41, 5.74) is 0.786. The van der Waals surface area contributed by atoms with E-state index in [1.165, 1.54) is 12.1 Å². The monoisotopic (exact) mass is 334 g/mol. The topological polar surface area (TPSA) is 98.5 Å². The zero-order valence-electron chi connectivity index (χ0n) is 12.0. The molecule has 0 unspecified atom stereocenters. The zero-order valence-corrected chi connectivity index (χ0v) is 12.8. The van der Waals surface area contributed by atoms with Gasteiger partial charge in [-0.1, -0.05) is 30.3 Å². The summed E-state index contributed by atoms with van der Waals surface area (Å²) >= 11 is 0. The Balaban J connectivity index is 2.01. The number of sulfonamides is 1. The number of nitrogens with zero attached hydrogens (tertiary/aromatic N) is 1. The molecular formula is C15H14N2O5S. The molecule has 0 atom stereocenters. The molecule has 2 aromatic carbocycles. The van der Waals surface area contributed by atoms with Gasteiger partial charge >= 0.3 is 0 Å². The Labute approximate surface area is 133 Å². The number of hydrogen-bond acceptors (Lipinski definition) is 5. The van der Waals surface area contributed by atoms with Crippen LogP contribution in [0.5, 0.6) is 0 Å². The fourth-order valence-electron chi connectivity index (χ4n) is 2.28. The van der Waals surface area contributed by atoms with E-state index in [1.807, 2.05) is 0 Å². The average Bonchev–Trinajstić information content (AvgIpc) is 2.51. The van der Waals surface area contributed by atoms with Gasteiger partial charge in [-0.15, -0.1) is 0 Å². The van der Waals surface area contributed by atoms with Crippen molar-refractivity contribution in [1.29, 1.82) is 0 Å². The van der Waals surface area contributed by atoms with Crippen LogP contribution in [0.3, 0.4) is 0 Å². The summed E-state index contributed by atoms with van der Waals surface area (Å²) in [5, 5.41) is 11.3. The highest BCUT2D eigenvalue weighted by atomic mass is 32.2. The summed E-state index contributed by atoms with van der Waals surface area (Å²) in [7, 11) is -3.81.